The highest BCUT2D eigenvalue weighted by Gasteiger charge is 2.18. The van der Waals surface area contributed by atoms with Gasteiger partial charge in [-0.05, 0) is 59.5 Å². The predicted molar refractivity (Wildman–Crippen MR) is 78.8 cm³/mol. The number of anilines is 1. The number of benzene rings is 1. The Morgan fingerprint density at radius 2 is 2.12 bits per heavy atom. The maximum atomic E-state index is 6.03. The van der Waals surface area contributed by atoms with E-state index in [0.717, 1.165) is 18.0 Å². The number of rotatable bonds is 2. The van der Waals surface area contributed by atoms with Gasteiger partial charge in [-0.25, -0.2) is 4.98 Å². The Hall–Kier alpha value is -0.780. The van der Waals surface area contributed by atoms with E-state index in [-0.39, 0.29) is 0 Å². The van der Waals surface area contributed by atoms with Gasteiger partial charge in [0.15, 0.2) is 0 Å². The lowest BCUT2D eigenvalue weighted by Gasteiger charge is -2.12. The number of nitrogens with zero attached hydrogens (tertiary/aromatic N) is 2. The highest BCUT2D eigenvalue weighted by molar-refractivity contribution is 14.1. The standard InChI is InChI=1S/C13H16IN3/c14-10-5-6-12-11(7-10)16-13(15)17(12)8-9-3-1-2-4-9/h5-7,9H,1-4,8H2,(H2,15,16). The molecule has 0 spiro atoms. The maximum Gasteiger partial charge on any atom is 0.201 e. The number of hydrogen-bond acceptors (Lipinski definition) is 2. The predicted octanol–water partition coefficient (Wildman–Crippen LogP) is 3.41. The van der Waals surface area contributed by atoms with Gasteiger partial charge in [-0.3, -0.25) is 0 Å². The van der Waals surface area contributed by atoms with E-state index in [1.54, 1.807) is 0 Å². The van der Waals surface area contributed by atoms with Gasteiger partial charge >= 0.3 is 0 Å². The fraction of sp³-hybridized carbons (Fsp3) is 0.462. The van der Waals surface area contributed by atoms with Crippen molar-refractivity contribution >= 4 is 39.6 Å². The molecule has 0 unspecified atom stereocenters. The summed E-state index contributed by atoms with van der Waals surface area (Å²) in [6.45, 7) is 1.03. The lowest BCUT2D eigenvalue weighted by molar-refractivity contribution is 0.468. The van der Waals surface area contributed by atoms with Gasteiger partial charge in [0.1, 0.15) is 0 Å². The summed E-state index contributed by atoms with van der Waals surface area (Å²) in [5, 5.41) is 0. The number of imidazole rings is 1. The lowest BCUT2D eigenvalue weighted by atomic mass is 10.1. The van der Waals surface area contributed by atoms with Gasteiger partial charge < -0.3 is 10.3 Å². The van der Waals surface area contributed by atoms with Crippen LogP contribution in [0.25, 0.3) is 11.0 Å². The number of nitrogen functional groups attached to an aromatic ring is 1. The molecule has 17 heavy (non-hydrogen) atoms. The third-order valence-electron chi connectivity index (χ3n) is 3.66. The molecule has 1 aliphatic carbocycles. The molecular formula is C13H16IN3. The van der Waals surface area contributed by atoms with Gasteiger partial charge in [0.2, 0.25) is 5.95 Å². The first-order chi connectivity index (χ1) is 8.24. The summed E-state index contributed by atoms with van der Waals surface area (Å²) in [4.78, 5) is 4.45. The van der Waals surface area contributed by atoms with Crippen LogP contribution in [0.3, 0.4) is 0 Å². The van der Waals surface area contributed by atoms with Crippen LogP contribution in [0.2, 0.25) is 0 Å². The van der Waals surface area contributed by atoms with Crippen LogP contribution in [0.15, 0.2) is 18.2 Å². The van der Waals surface area contributed by atoms with E-state index in [1.165, 1.54) is 34.8 Å². The third kappa shape index (κ3) is 2.14. The van der Waals surface area contributed by atoms with Gasteiger partial charge in [-0.15, -0.1) is 0 Å². The molecule has 1 aliphatic rings. The molecule has 1 fully saturated rings. The number of halogens is 1. The first kappa shape index (κ1) is 11.3. The Morgan fingerprint density at radius 3 is 2.88 bits per heavy atom. The summed E-state index contributed by atoms with van der Waals surface area (Å²) in [6, 6.07) is 6.35. The minimum Gasteiger partial charge on any atom is -0.369 e. The molecule has 0 aliphatic heterocycles. The lowest BCUT2D eigenvalue weighted by Crippen LogP contribution is -2.10. The fourth-order valence-corrected chi connectivity index (χ4v) is 3.24. The van der Waals surface area contributed by atoms with Crippen molar-refractivity contribution in [2.24, 2.45) is 5.92 Å². The van der Waals surface area contributed by atoms with Gasteiger partial charge in [0.05, 0.1) is 11.0 Å². The Balaban J connectivity index is 1.99. The van der Waals surface area contributed by atoms with Crippen LogP contribution < -0.4 is 5.73 Å². The molecular weight excluding hydrogens is 325 g/mol. The van der Waals surface area contributed by atoms with Crippen molar-refractivity contribution in [3.05, 3.63) is 21.8 Å². The smallest absolute Gasteiger partial charge is 0.201 e. The second-order valence-electron chi connectivity index (χ2n) is 4.86. The summed E-state index contributed by atoms with van der Waals surface area (Å²) in [7, 11) is 0. The highest BCUT2D eigenvalue weighted by atomic mass is 127. The monoisotopic (exact) mass is 341 g/mol. The van der Waals surface area contributed by atoms with Crippen LogP contribution in [-0.2, 0) is 6.54 Å². The first-order valence-electron chi connectivity index (χ1n) is 6.15. The second kappa shape index (κ2) is 4.48. The molecule has 0 atom stereocenters. The average molecular weight is 341 g/mol. The van der Waals surface area contributed by atoms with Gasteiger partial charge in [0.25, 0.3) is 0 Å². The minimum absolute atomic E-state index is 0.661. The molecule has 0 bridgehead atoms. The highest BCUT2D eigenvalue weighted by Crippen LogP contribution is 2.29. The topological polar surface area (TPSA) is 43.8 Å². The molecule has 90 valence electrons. The van der Waals surface area contributed by atoms with Crippen molar-refractivity contribution in [3.8, 4) is 0 Å². The molecule has 1 heterocycles. The van der Waals surface area contributed by atoms with Crippen LogP contribution >= 0.6 is 22.6 Å². The van der Waals surface area contributed by atoms with E-state index in [0.29, 0.717) is 5.95 Å². The quantitative estimate of drug-likeness (QED) is 0.851. The van der Waals surface area contributed by atoms with E-state index in [4.69, 9.17) is 5.73 Å². The Morgan fingerprint density at radius 1 is 1.35 bits per heavy atom. The summed E-state index contributed by atoms with van der Waals surface area (Å²) < 4.78 is 3.39. The normalized spacial score (nSPS) is 17.0. The summed E-state index contributed by atoms with van der Waals surface area (Å²) in [5.41, 5.74) is 8.23. The summed E-state index contributed by atoms with van der Waals surface area (Å²) in [5.74, 6) is 1.45. The SMILES string of the molecule is Nc1nc2cc(I)ccc2n1CC1CCCC1. The van der Waals surface area contributed by atoms with E-state index in [9.17, 15) is 0 Å². The largest absolute Gasteiger partial charge is 0.369 e. The molecule has 2 N–H and O–H groups in total. The van der Waals surface area contributed by atoms with E-state index >= 15 is 0 Å². The van der Waals surface area contributed by atoms with Gasteiger partial charge in [-0.2, -0.15) is 0 Å². The van der Waals surface area contributed by atoms with Crippen LogP contribution in [0, 0.1) is 9.49 Å². The van der Waals surface area contributed by atoms with Crippen molar-refractivity contribution in [1.29, 1.82) is 0 Å². The molecule has 3 nitrogen and oxygen atoms in total. The van der Waals surface area contributed by atoms with Crippen LogP contribution in [-0.4, -0.2) is 9.55 Å². The molecule has 0 radical (unpaired) electrons. The Bertz CT molecular complexity index is 541. The average Bonchev–Trinajstić information content (AvgIpc) is 2.88. The third-order valence-corrected chi connectivity index (χ3v) is 4.33. The van der Waals surface area contributed by atoms with Crippen LogP contribution in [0.5, 0.6) is 0 Å². The molecule has 0 amide bonds. The molecule has 1 aromatic carbocycles. The van der Waals surface area contributed by atoms with E-state index < -0.39 is 0 Å². The van der Waals surface area contributed by atoms with E-state index in [1.807, 2.05) is 0 Å². The fourth-order valence-electron chi connectivity index (χ4n) is 2.76. The van der Waals surface area contributed by atoms with Gasteiger partial charge in [-0.1, -0.05) is 12.8 Å². The Labute approximate surface area is 115 Å². The van der Waals surface area contributed by atoms with Crippen molar-refractivity contribution < 1.29 is 0 Å². The van der Waals surface area contributed by atoms with Crippen molar-refractivity contribution in [3.63, 3.8) is 0 Å². The second-order valence-corrected chi connectivity index (χ2v) is 6.11. The first-order valence-corrected chi connectivity index (χ1v) is 7.23. The van der Waals surface area contributed by atoms with Crippen molar-refractivity contribution in [1.82, 2.24) is 9.55 Å². The zero-order chi connectivity index (χ0) is 11.8. The van der Waals surface area contributed by atoms with Crippen LogP contribution in [0.4, 0.5) is 5.95 Å². The van der Waals surface area contributed by atoms with Gasteiger partial charge in [0, 0.05) is 10.1 Å². The Kier molecular flexibility index (Phi) is 2.98. The molecule has 1 saturated carbocycles. The summed E-state index contributed by atoms with van der Waals surface area (Å²) in [6.07, 6.45) is 5.41. The molecule has 3 rings (SSSR count). The molecule has 4 heteroatoms. The summed E-state index contributed by atoms with van der Waals surface area (Å²) >= 11 is 2.31. The molecule has 0 saturated heterocycles. The van der Waals surface area contributed by atoms with E-state index in [2.05, 4.69) is 50.3 Å². The molecule has 1 aromatic heterocycles. The van der Waals surface area contributed by atoms with Crippen LogP contribution in [0.1, 0.15) is 25.7 Å². The number of nitrogens with two attached hydrogens (primary N) is 1. The van der Waals surface area contributed by atoms with Crippen molar-refractivity contribution in [2.75, 3.05) is 5.73 Å². The maximum absolute atomic E-state index is 6.03. The number of aromatic nitrogens is 2. The number of fused-ring (bicyclic) bond motifs is 1. The zero-order valence-electron chi connectivity index (χ0n) is 9.69. The van der Waals surface area contributed by atoms with Crippen molar-refractivity contribution in [2.45, 2.75) is 32.2 Å². The zero-order valence-corrected chi connectivity index (χ0v) is 11.9. The number of hydrogen-bond donors (Lipinski definition) is 1. The minimum atomic E-state index is 0.661. The molecule has 2 aromatic rings.